The first-order valence-corrected chi connectivity index (χ1v) is 10.6. The second-order valence-corrected chi connectivity index (χ2v) is 7.57. The van der Waals surface area contributed by atoms with Crippen molar-refractivity contribution in [2.24, 2.45) is 0 Å². The van der Waals surface area contributed by atoms with Gasteiger partial charge in [0.15, 0.2) is 11.5 Å². The van der Waals surface area contributed by atoms with E-state index in [1.807, 2.05) is 0 Å². The molecule has 1 amide bonds. The summed E-state index contributed by atoms with van der Waals surface area (Å²) >= 11 is 6.21. The number of carbonyl (C=O) groups is 1. The maximum absolute atomic E-state index is 12.9. The number of rotatable bonds is 6. The number of benzene rings is 1. The van der Waals surface area contributed by atoms with Crippen LogP contribution in [0, 0.1) is 11.8 Å². The number of hydrogen-bond donors (Lipinski definition) is 3. The molecule has 1 aromatic carbocycles. The summed E-state index contributed by atoms with van der Waals surface area (Å²) in [4.78, 5) is 27.4. The highest BCUT2D eigenvalue weighted by molar-refractivity contribution is 6.34. The predicted octanol–water partition coefficient (Wildman–Crippen LogP) is 3.73. The number of aromatic amines is 1. The van der Waals surface area contributed by atoms with Crippen molar-refractivity contribution in [2.45, 2.75) is 25.6 Å². The Morgan fingerprint density at radius 3 is 2.86 bits per heavy atom. The van der Waals surface area contributed by atoms with Crippen molar-refractivity contribution in [3.05, 3.63) is 58.3 Å². The Balaban J connectivity index is 1.44. The summed E-state index contributed by atoms with van der Waals surface area (Å²) in [5.74, 6) is 5.31. The number of alkyl halides is 3. The number of aliphatic hydroxyl groups is 1. The van der Waals surface area contributed by atoms with E-state index in [1.54, 1.807) is 0 Å². The lowest BCUT2D eigenvalue weighted by Crippen LogP contribution is -2.24. The van der Waals surface area contributed by atoms with Gasteiger partial charge in [-0.05, 0) is 30.5 Å². The van der Waals surface area contributed by atoms with Crippen molar-refractivity contribution in [1.29, 1.82) is 0 Å². The van der Waals surface area contributed by atoms with Crippen LogP contribution in [0.2, 0.25) is 5.02 Å². The van der Waals surface area contributed by atoms with Crippen LogP contribution in [0.15, 0.2) is 35.1 Å². The van der Waals surface area contributed by atoms with Crippen molar-refractivity contribution in [3.63, 3.8) is 0 Å². The van der Waals surface area contributed by atoms with Crippen LogP contribution in [0.1, 0.15) is 40.3 Å². The number of aliphatic hydroxyl groups excluding tert-OH is 1. The monoisotopic (exact) mass is 504 g/mol. The molecular formula is C22H16ClF3N6O3. The van der Waals surface area contributed by atoms with Gasteiger partial charge in [-0.2, -0.15) is 13.2 Å². The number of halogens is 4. The Bertz CT molecular complexity index is 1440. The third kappa shape index (κ3) is 5.59. The van der Waals surface area contributed by atoms with Gasteiger partial charge in [-0.15, -0.1) is 0 Å². The van der Waals surface area contributed by atoms with Crippen LogP contribution in [0.4, 0.5) is 13.2 Å². The van der Waals surface area contributed by atoms with Crippen molar-refractivity contribution in [1.82, 2.24) is 30.4 Å². The van der Waals surface area contributed by atoms with E-state index in [0.717, 1.165) is 18.5 Å². The number of unbranched alkanes of at least 4 members (excludes halogenated alkanes) is 1. The molecule has 0 aliphatic heterocycles. The average molecular weight is 505 g/mol. The molecule has 0 aliphatic carbocycles. The Labute approximate surface area is 200 Å². The molecule has 0 radical (unpaired) electrons. The maximum atomic E-state index is 12.9. The van der Waals surface area contributed by atoms with Gasteiger partial charge in [0, 0.05) is 19.1 Å². The molecule has 0 fully saturated rings. The summed E-state index contributed by atoms with van der Waals surface area (Å²) in [6, 6.07) is 4.65. The van der Waals surface area contributed by atoms with Gasteiger partial charge in [0.1, 0.15) is 22.7 Å². The van der Waals surface area contributed by atoms with E-state index < -0.39 is 17.6 Å². The summed E-state index contributed by atoms with van der Waals surface area (Å²) in [7, 11) is 0. The average Bonchev–Trinajstić information content (AvgIpc) is 3.47. The van der Waals surface area contributed by atoms with Crippen molar-refractivity contribution in [3.8, 4) is 23.4 Å². The van der Waals surface area contributed by atoms with Crippen molar-refractivity contribution in [2.75, 3.05) is 6.61 Å². The van der Waals surface area contributed by atoms with E-state index >= 15 is 0 Å². The van der Waals surface area contributed by atoms with E-state index in [0.29, 0.717) is 24.1 Å². The van der Waals surface area contributed by atoms with Crippen molar-refractivity contribution >= 4 is 28.5 Å². The minimum Gasteiger partial charge on any atom is -0.396 e. The zero-order chi connectivity index (χ0) is 25.0. The van der Waals surface area contributed by atoms with Crippen LogP contribution in [0.5, 0.6) is 0 Å². The Morgan fingerprint density at radius 1 is 1.26 bits per heavy atom. The SMILES string of the molecule is O=C(NCc1cc(-c2nc3ccc(C(F)(F)F)cc3[nH]2)on1)c1ncnc(C#CCCCO)c1Cl. The van der Waals surface area contributed by atoms with E-state index in [2.05, 4.69) is 42.3 Å². The third-order valence-corrected chi connectivity index (χ3v) is 5.06. The number of nitrogens with zero attached hydrogens (tertiary/aromatic N) is 4. The molecule has 3 heterocycles. The fourth-order valence-electron chi connectivity index (χ4n) is 2.99. The quantitative estimate of drug-likeness (QED) is 0.269. The Hall–Kier alpha value is -3.95. The molecule has 3 aromatic heterocycles. The molecule has 0 saturated carbocycles. The highest BCUT2D eigenvalue weighted by Crippen LogP contribution is 2.31. The molecule has 0 unspecified atom stereocenters. The van der Waals surface area contributed by atoms with Gasteiger partial charge in [-0.25, -0.2) is 15.0 Å². The minimum atomic E-state index is -4.48. The summed E-state index contributed by atoms with van der Waals surface area (Å²) in [6.07, 6.45) is -2.36. The number of imidazole rings is 1. The summed E-state index contributed by atoms with van der Waals surface area (Å²) in [6.45, 7) is -0.0302. The van der Waals surface area contributed by atoms with Crippen LogP contribution in [0.3, 0.4) is 0 Å². The molecule has 3 N–H and O–H groups in total. The highest BCUT2D eigenvalue weighted by Gasteiger charge is 2.30. The number of carbonyl (C=O) groups excluding carboxylic acids is 1. The molecule has 4 rings (SSSR count). The minimum absolute atomic E-state index is 0.0113. The zero-order valence-corrected chi connectivity index (χ0v) is 18.5. The van der Waals surface area contributed by atoms with Gasteiger partial charge in [-0.1, -0.05) is 22.7 Å². The normalized spacial score (nSPS) is 11.3. The van der Waals surface area contributed by atoms with Gasteiger partial charge in [0.05, 0.1) is 23.1 Å². The van der Waals surface area contributed by atoms with Crippen LogP contribution in [-0.2, 0) is 12.7 Å². The molecule has 4 aromatic rings. The Kier molecular flexibility index (Phi) is 6.99. The highest BCUT2D eigenvalue weighted by atomic mass is 35.5. The van der Waals surface area contributed by atoms with E-state index in [1.165, 1.54) is 12.1 Å². The first-order chi connectivity index (χ1) is 16.8. The van der Waals surface area contributed by atoms with Crippen LogP contribution in [-0.4, -0.2) is 42.7 Å². The molecule has 0 atom stereocenters. The van der Waals surface area contributed by atoms with Crippen LogP contribution in [0.25, 0.3) is 22.6 Å². The molecule has 0 bridgehead atoms. The summed E-state index contributed by atoms with van der Waals surface area (Å²) in [5.41, 5.74) is 0.159. The Morgan fingerprint density at radius 2 is 2.09 bits per heavy atom. The molecule has 180 valence electrons. The predicted molar refractivity (Wildman–Crippen MR) is 118 cm³/mol. The zero-order valence-electron chi connectivity index (χ0n) is 17.8. The lowest BCUT2D eigenvalue weighted by Gasteiger charge is -2.05. The van der Waals surface area contributed by atoms with Gasteiger partial charge < -0.3 is 19.9 Å². The lowest BCUT2D eigenvalue weighted by molar-refractivity contribution is -0.137. The number of aromatic nitrogens is 5. The number of nitrogens with one attached hydrogen (secondary N) is 2. The number of fused-ring (bicyclic) bond motifs is 1. The molecule has 9 nitrogen and oxygen atoms in total. The molecule has 0 spiro atoms. The van der Waals surface area contributed by atoms with Crippen LogP contribution >= 0.6 is 11.6 Å². The van der Waals surface area contributed by atoms with E-state index in [4.69, 9.17) is 21.2 Å². The second-order valence-electron chi connectivity index (χ2n) is 7.19. The summed E-state index contributed by atoms with van der Waals surface area (Å²) < 4.78 is 44.0. The maximum Gasteiger partial charge on any atom is 0.416 e. The van der Waals surface area contributed by atoms with Gasteiger partial charge in [-0.3, -0.25) is 4.79 Å². The van der Waals surface area contributed by atoms with Gasteiger partial charge >= 0.3 is 6.18 Å². The van der Waals surface area contributed by atoms with Gasteiger partial charge in [0.2, 0.25) is 5.76 Å². The standard InChI is InChI=1S/C22H16ClF3N6O3/c23-18-15(4-2-1-3-7-33)28-11-29-19(18)21(34)27-10-13-9-17(35-32-13)20-30-14-6-5-12(22(24,25)26)8-16(14)31-20/h5-6,8-9,11,33H,1,3,7,10H2,(H,27,34)(H,30,31). The largest absolute Gasteiger partial charge is 0.416 e. The first kappa shape index (κ1) is 24.2. The van der Waals surface area contributed by atoms with Crippen LogP contribution < -0.4 is 5.32 Å². The number of hydrogen-bond acceptors (Lipinski definition) is 7. The second kappa shape index (κ2) is 10.1. The molecular weight excluding hydrogens is 489 g/mol. The lowest BCUT2D eigenvalue weighted by atomic mass is 10.2. The number of amides is 1. The first-order valence-electron chi connectivity index (χ1n) is 10.2. The topological polar surface area (TPSA) is 130 Å². The number of H-pyrrole nitrogens is 1. The molecule has 35 heavy (non-hydrogen) atoms. The van der Waals surface area contributed by atoms with E-state index in [-0.39, 0.29) is 46.7 Å². The smallest absolute Gasteiger partial charge is 0.396 e. The molecule has 0 aliphatic rings. The fraction of sp³-hybridized carbons (Fsp3) is 0.227. The van der Waals surface area contributed by atoms with E-state index in [9.17, 15) is 18.0 Å². The van der Waals surface area contributed by atoms with Gasteiger partial charge in [0.25, 0.3) is 5.91 Å². The molecule has 0 saturated heterocycles. The molecule has 13 heteroatoms. The van der Waals surface area contributed by atoms with Crippen molar-refractivity contribution < 1.29 is 27.6 Å². The fourth-order valence-corrected chi connectivity index (χ4v) is 3.22. The third-order valence-electron chi connectivity index (χ3n) is 4.70. The summed E-state index contributed by atoms with van der Waals surface area (Å²) in [5, 5.41) is 15.2.